The number of ketones is 1. The van der Waals surface area contributed by atoms with Crippen LogP contribution in [0.3, 0.4) is 0 Å². The van der Waals surface area contributed by atoms with Gasteiger partial charge in [-0.1, -0.05) is 56.3 Å². The van der Waals surface area contributed by atoms with Crippen molar-refractivity contribution in [1.29, 1.82) is 0 Å². The summed E-state index contributed by atoms with van der Waals surface area (Å²) in [4.78, 5) is 11.8. The molecule has 1 aliphatic rings. The number of allylic oxidation sites excluding steroid dienone is 4. The molecule has 17 heavy (non-hydrogen) atoms. The predicted molar refractivity (Wildman–Crippen MR) is 71.6 cm³/mol. The van der Waals surface area contributed by atoms with Gasteiger partial charge in [0.1, 0.15) is 0 Å². The third-order valence-electron chi connectivity index (χ3n) is 3.30. The molecule has 1 aliphatic carbocycles. The van der Waals surface area contributed by atoms with E-state index in [1.54, 1.807) is 6.92 Å². The number of hydrogen-bond acceptors (Lipinski definition) is 1. The SMILES string of the molecule is CC(=O)C1=C(c2ccccc2)C(C)(C)CC=C1. The van der Waals surface area contributed by atoms with Crippen molar-refractivity contribution in [3.63, 3.8) is 0 Å². The van der Waals surface area contributed by atoms with Crippen molar-refractivity contribution >= 4 is 11.4 Å². The number of hydrogen-bond donors (Lipinski definition) is 0. The highest BCUT2D eigenvalue weighted by Gasteiger charge is 2.29. The molecule has 0 spiro atoms. The average Bonchev–Trinajstić information content (AvgIpc) is 2.28. The van der Waals surface area contributed by atoms with Gasteiger partial charge in [-0.3, -0.25) is 4.79 Å². The molecule has 1 nitrogen and oxygen atoms in total. The van der Waals surface area contributed by atoms with Crippen LogP contribution >= 0.6 is 0 Å². The van der Waals surface area contributed by atoms with Gasteiger partial charge in [0.2, 0.25) is 0 Å². The molecule has 0 unspecified atom stereocenters. The van der Waals surface area contributed by atoms with Gasteiger partial charge in [-0.25, -0.2) is 0 Å². The van der Waals surface area contributed by atoms with E-state index in [9.17, 15) is 4.79 Å². The molecule has 88 valence electrons. The number of carbonyl (C=O) groups is 1. The second-order valence-corrected chi connectivity index (χ2v) is 5.20. The fourth-order valence-electron chi connectivity index (χ4n) is 2.47. The highest BCUT2D eigenvalue weighted by Crippen LogP contribution is 2.43. The van der Waals surface area contributed by atoms with Crippen molar-refractivity contribution in [2.24, 2.45) is 5.41 Å². The van der Waals surface area contributed by atoms with Crippen molar-refractivity contribution < 1.29 is 4.79 Å². The molecule has 0 radical (unpaired) electrons. The van der Waals surface area contributed by atoms with Gasteiger partial charge in [-0.05, 0) is 29.9 Å². The van der Waals surface area contributed by atoms with E-state index in [-0.39, 0.29) is 11.2 Å². The summed E-state index contributed by atoms with van der Waals surface area (Å²) in [6.45, 7) is 6.04. The smallest absolute Gasteiger partial charge is 0.160 e. The summed E-state index contributed by atoms with van der Waals surface area (Å²) in [5, 5.41) is 0. The second-order valence-electron chi connectivity index (χ2n) is 5.20. The van der Waals surface area contributed by atoms with Crippen LogP contribution < -0.4 is 0 Å². The van der Waals surface area contributed by atoms with Gasteiger partial charge in [-0.15, -0.1) is 0 Å². The molecule has 0 saturated heterocycles. The Hall–Kier alpha value is -1.63. The third kappa shape index (κ3) is 2.23. The van der Waals surface area contributed by atoms with Crippen LogP contribution in [0, 0.1) is 5.41 Å². The Bertz CT molecular complexity index is 490. The zero-order valence-electron chi connectivity index (χ0n) is 10.7. The number of rotatable bonds is 2. The molecule has 1 heteroatoms. The number of Topliss-reactive ketones (excluding diaryl/α,β-unsaturated/α-hetero) is 1. The summed E-state index contributed by atoms with van der Waals surface area (Å²) in [5.41, 5.74) is 3.21. The Morgan fingerprint density at radius 2 is 1.82 bits per heavy atom. The molecule has 1 aromatic carbocycles. The highest BCUT2D eigenvalue weighted by atomic mass is 16.1. The van der Waals surface area contributed by atoms with E-state index in [4.69, 9.17) is 0 Å². The first-order valence-corrected chi connectivity index (χ1v) is 6.00. The Morgan fingerprint density at radius 3 is 2.41 bits per heavy atom. The maximum Gasteiger partial charge on any atom is 0.160 e. The molecule has 2 rings (SSSR count). The van der Waals surface area contributed by atoms with E-state index >= 15 is 0 Å². The lowest BCUT2D eigenvalue weighted by atomic mass is 9.72. The van der Waals surface area contributed by atoms with Crippen LogP contribution in [0.5, 0.6) is 0 Å². The minimum absolute atomic E-state index is 0.0249. The summed E-state index contributed by atoms with van der Waals surface area (Å²) in [5.74, 6) is 0.146. The molecule has 0 heterocycles. The minimum atomic E-state index is 0.0249. The Balaban J connectivity index is 2.65. The number of carbonyl (C=O) groups excluding carboxylic acids is 1. The molecular formula is C16H18O. The molecule has 0 fully saturated rings. The normalized spacial score (nSPS) is 18.3. The first-order valence-electron chi connectivity index (χ1n) is 6.00. The summed E-state index contributed by atoms with van der Waals surface area (Å²) < 4.78 is 0. The first kappa shape index (κ1) is 11.8. The highest BCUT2D eigenvalue weighted by molar-refractivity contribution is 6.05. The predicted octanol–water partition coefficient (Wildman–Crippen LogP) is 4.02. The summed E-state index contributed by atoms with van der Waals surface area (Å²) in [7, 11) is 0. The third-order valence-corrected chi connectivity index (χ3v) is 3.30. The molecule has 1 aromatic rings. The van der Waals surface area contributed by atoms with Gasteiger partial charge in [0.25, 0.3) is 0 Å². The maximum absolute atomic E-state index is 11.8. The lowest BCUT2D eigenvalue weighted by molar-refractivity contribution is -0.113. The molecule has 0 aromatic heterocycles. The molecule has 0 amide bonds. The fourth-order valence-corrected chi connectivity index (χ4v) is 2.47. The lowest BCUT2D eigenvalue weighted by Gasteiger charge is -2.32. The molecule has 0 bridgehead atoms. The summed E-state index contributed by atoms with van der Waals surface area (Å²) in [6, 6.07) is 10.2. The second kappa shape index (κ2) is 4.33. The van der Waals surface area contributed by atoms with Gasteiger partial charge in [0, 0.05) is 5.57 Å². The Kier molecular flexibility index (Phi) is 3.01. The van der Waals surface area contributed by atoms with Crippen LogP contribution in [0.25, 0.3) is 5.57 Å². The van der Waals surface area contributed by atoms with Gasteiger partial charge in [0.05, 0.1) is 0 Å². The van der Waals surface area contributed by atoms with Crippen LogP contribution in [-0.2, 0) is 4.79 Å². The Morgan fingerprint density at radius 1 is 1.18 bits per heavy atom. The minimum Gasteiger partial charge on any atom is -0.295 e. The first-order chi connectivity index (χ1) is 8.02. The Labute approximate surface area is 103 Å². The zero-order chi connectivity index (χ0) is 12.5. The van der Waals surface area contributed by atoms with Crippen LogP contribution in [0.1, 0.15) is 32.8 Å². The van der Waals surface area contributed by atoms with Gasteiger partial charge < -0.3 is 0 Å². The van der Waals surface area contributed by atoms with E-state index < -0.39 is 0 Å². The topological polar surface area (TPSA) is 17.1 Å². The number of benzene rings is 1. The van der Waals surface area contributed by atoms with E-state index in [2.05, 4.69) is 32.1 Å². The molecule has 0 atom stereocenters. The van der Waals surface area contributed by atoms with Crippen LogP contribution in [0.4, 0.5) is 0 Å². The molecule has 0 N–H and O–H groups in total. The van der Waals surface area contributed by atoms with Gasteiger partial charge in [0.15, 0.2) is 5.78 Å². The van der Waals surface area contributed by atoms with E-state index in [0.29, 0.717) is 0 Å². The summed E-state index contributed by atoms with van der Waals surface area (Å²) in [6.07, 6.45) is 5.05. The van der Waals surface area contributed by atoms with E-state index in [1.165, 1.54) is 5.57 Å². The van der Waals surface area contributed by atoms with Crippen molar-refractivity contribution in [3.8, 4) is 0 Å². The quantitative estimate of drug-likeness (QED) is 0.744. The standard InChI is InChI=1S/C16H18O/c1-12(17)14-10-7-11-16(2,3)15(14)13-8-5-4-6-9-13/h4-10H,11H2,1-3H3. The molecular weight excluding hydrogens is 208 g/mol. The summed E-state index contributed by atoms with van der Waals surface area (Å²) >= 11 is 0. The van der Waals surface area contributed by atoms with Crippen molar-refractivity contribution in [1.82, 2.24) is 0 Å². The molecule has 0 saturated carbocycles. The van der Waals surface area contributed by atoms with Crippen molar-refractivity contribution in [3.05, 3.63) is 53.6 Å². The van der Waals surface area contributed by atoms with Crippen LogP contribution in [0.15, 0.2) is 48.1 Å². The lowest BCUT2D eigenvalue weighted by Crippen LogP contribution is -2.19. The van der Waals surface area contributed by atoms with E-state index in [0.717, 1.165) is 17.6 Å². The molecule has 0 aliphatic heterocycles. The fraction of sp³-hybridized carbons (Fsp3) is 0.312. The van der Waals surface area contributed by atoms with E-state index in [1.807, 2.05) is 24.3 Å². The van der Waals surface area contributed by atoms with Crippen molar-refractivity contribution in [2.75, 3.05) is 0 Å². The van der Waals surface area contributed by atoms with Crippen LogP contribution in [-0.4, -0.2) is 5.78 Å². The van der Waals surface area contributed by atoms with Crippen LogP contribution in [0.2, 0.25) is 0 Å². The van der Waals surface area contributed by atoms with Gasteiger partial charge >= 0.3 is 0 Å². The van der Waals surface area contributed by atoms with Crippen molar-refractivity contribution in [2.45, 2.75) is 27.2 Å². The zero-order valence-corrected chi connectivity index (χ0v) is 10.7. The monoisotopic (exact) mass is 226 g/mol. The average molecular weight is 226 g/mol. The maximum atomic E-state index is 11.8. The largest absolute Gasteiger partial charge is 0.295 e. The van der Waals surface area contributed by atoms with Gasteiger partial charge in [-0.2, -0.15) is 0 Å².